The molecule has 1 heterocycles. The van der Waals surface area contributed by atoms with E-state index >= 15 is 0 Å². The maximum absolute atomic E-state index is 11.4. The molecule has 0 radical (unpaired) electrons. The van der Waals surface area contributed by atoms with E-state index in [1.54, 1.807) is 6.07 Å². The van der Waals surface area contributed by atoms with Crippen molar-refractivity contribution >= 4 is 27.8 Å². The predicted molar refractivity (Wildman–Crippen MR) is 81.8 cm³/mol. The number of amides is 1. The molecular weight excluding hydrogens is 324 g/mol. The summed E-state index contributed by atoms with van der Waals surface area (Å²) in [6, 6.07) is 1.80. The largest absolute Gasteiger partial charge is 0.444 e. The molecule has 0 aromatic carbocycles. The Balaban J connectivity index is 2.34. The van der Waals surface area contributed by atoms with Gasteiger partial charge in [0.05, 0.1) is 0 Å². The third-order valence-electron chi connectivity index (χ3n) is 2.16. The number of alkyl carbamates (subject to hydrolysis) is 1. The molecule has 0 fully saturated rings. The molecule has 6 nitrogen and oxygen atoms in total. The van der Waals surface area contributed by atoms with Gasteiger partial charge >= 0.3 is 6.09 Å². The molecule has 0 aliphatic rings. The number of carbonyl (C=O) groups is 1. The minimum Gasteiger partial charge on any atom is -0.444 e. The molecule has 0 spiro atoms. The Morgan fingerprint density at radius 2 is 2.05 bits per heavy atom. The summed E-state index contributed by atoms with van der Waals surface area (Å²) in [6.07, 6.45) is 0.349. The number of carbonyl (C=O) groups excluding carboxylic acids is 1. The lowest BCUT2D eigenvalue weighted by Crippen LogP contribution is -2.35. The summed E-state index contributed by atoms with van der Waals surface area (Å²) >= 11 is 3.34. The molecule has 1 aromatic heterocycles. The number of aryl methyl sites for hydroxylation is 1. The third-order valence-corrected chi connectivity index (χ3v) is 2.56. The normalized spacial score (nSPS) is 11.1. The summed E-state index contributed by atoms with van der Waals surface area (Å²) in [7, 11) is 0. The van der Waals surface area contributed by atoms with Gasteiger partial charge in [0.25, 0.3) is 0 Å². The molecule has 112 valence electrons. The van der Waals surface area contributed by atoms with Gasteiger partial charge in [0, 0.05) is 25.6 Å². The Morgan fingerprint density at radius 1 is 1.35 bits per heavy atom. The highest BCUT2D eigenvalue weighted by Gasteiger charge is 2.15. The second-order valence-corrected chi connectivity index (χ2v) is 6.01. The van der Waals surface area contributed by atoms with Crippen LogP contribution in [0.4, 0.5) is 10.6 Å². The Bertz CT molecular complexity index is 460. The van der Waals surface area contributed by atoms with Gasteiger partial charge in [0.1, 0.15) is 21.8 Å². The first kappa shape index (κ1) is 16.7. The highest BCUT2D eigenvalue weighted by atomic mass is 79.9. The summed E-state index contributed by atoms with van der Waals surface area (Å²) in [6.45, 7) is 8.50. The molecule has 0 saturated carbocycles. The van der Waals surface area contributed by atoms with Crippen LogP contribution in [0.25, 0.3) is 0 Å². The maximum atomic E-state index is 11.4. The van der Waals surface area contributed by atoms with Gasteiger partial charge in [-0.05, 0) is 36.7 Å². The second kappa shape index (κ2) is 7.42. The topological polar surface area (TPSA) is 76.1 Å². The highest BCUT2D eigenvalue weighted by molar-refractivity contribution is 9.10. The molecule has 20 heavy (non-hydrogen) atoms. The molecule has 0 unspecified atom stereocenters. The lowest BCUT2D eigenvalue weighted by atomic mass is 10.2. The molecular formula is C13H21BrN4O2. The number of halogens is 1. The lowest BCUT2D eigenvalue weighted by Gasteiger charge is -2.19. The Hall–Kier alpha value is -1.37. The van der Waals surface area contributed by atoms with Crippen molar-refractivity contribution in [3.63, 3.8) is 0 Å². The van der Waals surface area contributed by atoms with Crippen LogP contribution in [0.15, 0.2) is 10.7 Å². The monoisotopic (exact) mass is 344 g/mol. The molecule has 1 amide bonds. The van der Waals surface area contributed by atoms with Crippen LogP contribution in [0, 0.1) is 0 Å². The fraction of sp³-hybridized carbons (Fsp3) is 0.615. The number of ether oxygens (including phenoxy) is 1. The number of anilines is 1. The van der Waals surface area contributed by atoms with Crippen LogP contribution in [0.1, 0.15) is 33.5 Å². The van der Waals surface area contributed by atoms with E-state index in [2.05, 4.69) is 36.5 Å². The zero-order valence-electron chi connectivity index (χ0n) is 12.3. The van der Waals surface area contributed by atoms with Crippen molar-refractivity contribution in [3.8, 4) is 0 Å². The third kappa shape index (κ3) is 6.70. The van der Waals surface area contributed by atoms with Crippen LogP contribution in [0.2, 0.25) is 0 Å². The van der Waals surface area contributed by atoms with E-state index in [4.69, 9.17) is 4.74 Å². The van der Waals surface area contributed by atoms with Crippen LogP contribution >= 0.6 is 15.9 Å². The minimum absolute atomic E-state index is 0.419. The van der Waals surface area contributed by atoms with Crippen molar-refractivity contribution in [2.75, 3.05) is 18.4 Å². The first-order chi connectivity index (χ1) is 9.30. The van der Waals surface area contributed by atoms with E-state index in [9.17, 15) is 4.79 Å². The molecule has 7 heteroatoms. The van der Waals surface area contributed by atoms with Gasteiger partial charge in [-0.25, -0.2) is 14.8 Å². The lowest BCUT2D eigenvalue weighted by molar-refractivity contribution is 0.0530. The van der Waals surface area contributed by atoms with Crippen LogP contribution in [0.3, 0.4) is 0 Å². The molecule has 0 atom stereocenters. The first-order valence-electron chi connectivity index (χ1n) is 6.54. The minimum atomic E-state index is -0.481. The Labute approximate surface area is 127 Å². The van der Waals surface area contributed by atoms with Crippen molar-refractivity contribution in [2.24, 2.45) is 0 Å². The number of hydrogen-bond donors (Lipinski definition) is 2. The van der Waals surface area contributed by atoms with Gasteiger partial charge < -0.3 is 15.4 Å². The van der Waals surface area contributed by atoms with E-state index in [-0.39, 0.29) is 0 Å². The number of nitrogens with one attached hydrogen (secondary N) is 2. The van der Waals surface area contributed by atoms with Gasteiger partial charge in [0.15, 0.2) is 0 Å². The maximum Gasteiger partial charge on any atom is 0.407 e. The molecule has 0 saturated heterocycles. The summed E-state index contributed by atoms with van der Waals surface area (Å²) in [5.41, 5.74) is -0.481. The fourth-order valence-electron chi connectivity index (χ4n) is 1.38. The van der Waals surface area contributed by atoms with Crippen LogP contribution < -0.4 is 10.6 Å². The van der Waals surface area contributed by atoms with Crippen molar-refractivity contribution in [1.29, 1.82) is 0 Å². The average Bonchev–Trinajstić information content (AvgIpc) is 2.32. The molecule has 0 aliphatic heterocycles. The quantitative estimate of drug-likeness (QED) is 0.634. The zero-order valence-corrected chi connectivity index (χ0v) is 13.9. The number of nitrogens with zero attached hydrogens (tertiary/aromatic N) is 2. The molecule has 1 rings (SSSR count). The van der Waals surface area contributed by atoms with Crippen molar-refractivity contribution in [3.05, 3.63) is 16.5 Å². The van der Waals surface area contributed by atoms with E-state index < -0.39 is 11.7 Å². The summed E-state index contributed by atoms with van der Waals surface area (Å²) < 4.78 is 5.88. The zero-order chi connectivity index (χ0) is 15.2. The van der Waals surface area contributed by atoms with E-state index in [1.165, 1.54) is 0 Å². The molecule has 2 N–H and O–H groups in total. The standard InChI is InChI=1S/C13H21BrN4O2/c1-5-10-17-9(14)8-11(18-10)15-6-7-16-12(19)20-13(2,3)4/h8H,5-7H2,1-4H3,(H,16,19)(H,15,17,18). The van der Waals surface area contributed by atoms with Gasteiger partial charge in [-0.3, -0.25) is 0 Å². The number of rotatable bonds is 5. The van der Waals surface area contributed by atoms with E-state index in [0.29, 0.717) is 13.1 Å². The van der Waals surface area contributed by atoms with Gasteiger partial charge in [0.2, 0.25) is 0 Å². The number of aromatic nitrogens is 2. The van der Waals surface area contributed by atoms with Crippen molar-refractivity contribution in [2.45, 2.75) is 39.7 Å². The predicted octanol–water partition coefficient (Wildman–Crippen LogP) is 2.74. The molecule has 0 aliphatic carbocycles. The van der Waals surface area contributed by atoms with Crippen molar-refractivity contribution < 1.29 is 9.53 Å². The van der Waals surface area contributed by atoms with Crippen LogP contribution in [-0.4, -0.2) is 34.8 Å². The Kier molecular flexibility index (Phi) is 6.19. The van der Waals surface area contributed by atoms with Gasteiger partial charge in [-0.1, -0.05) is 6.92 Å². The van der Waals surface area contributed by atoms with E-state index in [1.807, 2.05) is 27.7 Å². The summed E-state index contributed by atoms with van der Waals surface area (Å²) in [5.74, 6) is 1.50. The van der Waals surface area contributed by atoms with Gasteiger partial charge in [-0.2, -0.15) is 0 Å². The Morgan fingerprint density at radius 3 is 2.65 bits per heavy atom. The SMILES string of the molecule is CCc1nc(Br)cc(NCCNC(=O)OC(C)(C)C)n1. The molecule has 1 aromatic rings. The highest BCUT2D eigenvalue weighted by Crippen LogP contribution is 2.12. The van der Waals surface area contributed by atoms with Gasteiger partial charge in [-0.15, -0.1) is 0 Å². The first-order valence-corrected chi connectivity index (χ1v) is 7.33. The second-order valence-electron chi connectivity index (χ2n) is 5.20. The molecule has 0 bridgehead atoms. The van der Waals surface area contributed by atoms with Crippen molar-refractivity contribution in [1.82, 2.24) is 15.3 Å². The van der Waals surface area contributed by atoms with E-state index in [0.717, 1.165) is 22.7 Å². The fourth-order valence-corrected chi connectivity index (χ4v) is 1.80. The summed E-state index contributed by atoms with van der Waals surface area (Å²) in [5, 5.41) is 5.80. The van der Waals surface area contributed by atoms with Crippen LogP contribution in [0.5, 0.6) is 0 Å². The number of hydrogen-bond acceptors (Lipinski definition) is 5. The van der Waals surface area contributed by atoms with Crippen LogP contribution in [-0.2, 0) is 11.2 Å². The smallest absolute Gasteiger partial charge is 0.407 e. The average molecular weight is 345 g/mol. The summed E-state index contributed by atoms with van der Waals surface area (Å²) in [4.78, 5) is 20.0.